The predicted molar refractivity (Wildman–Crippen MR) is 180 cm³/mol. The monoisotopic (exact) mass is 649 g/mol. The largest absolute Gasteiger partial charge is 0.493 e. The zero-order chi connectivity index (χ0) is 33.2. The summed E-state index contributed by atoms with van der Waals surface area (Å²) < 4.78 is 18.9. The van der Waals surface area contributed by atoms with Gasteiger partial charge in [0.2, 0.25) is 0 Å². The second-order valence-corrected chi connectivity index (χ2v) is 12.0. The summed E-state index contributed by atoms with van der Waals surface area (Å²) in [5.41, 5.74) is 2.61. The summed E-state index contributed by atoms with van der Waals surface area (Å²) in [5.74, 6) is 0.409. The SMILES string of the molecule is CCOC(=O)C1=C(C)N=c2s/c(=C/c3ccc(OCc4cccc5ccccc45)c(OC)c3)c(=O)n2[C@H]1c1ccc(C)c([N+](=O)[O-])c1. The van der Waals surface area contributed by atoms with E-state index in [2.05, 4.69) is 23.2 Å². The number of nitrogens with zero attached hydrogens (tertiary/aromatic N) is 3. The van der Waals surface area contributed by atoms with Crippen LogP contribution in [-0.4, -0.2) is 29.2 Å². The zero-order valence-corrected chi connectivity index (χ0v) is 27.0. The number of rotatable bonds is 9. The van der Waals surface area contributed by atoms with Crippen molar-refractivity contribution in [3.63, 3.8) is 0 Å². The Morgan fingerprint density at radius 1 is 1.04 bits per heavy atom. The number of allylic oxidation sites excluding steroid dienone is 1. The summed E-state index contributed by atoms with van der Waals surface area (Å²) >= 11 is 1.16. The molecule has 0 N–H and O–H groups in total. The second-order valence-electron chi connectivity index (χ2n) is 10.9. The fourth-order valence-corrected chi connectivity index (χ4v) is 6.77. The number of thiazole rings is 1. The number of carbonyl (C=O) groups excluding carboxylic acids is 1. The molecule has 2 heterocycles. The molecule has 5 aromatic rings. The first-order chi connectivity index (χ1) is 22.7. The minimum atomic E-state index is -0.967. The molecule has 6 rings (SSSR count). The summed E-state index contributed by atoms with van der Waals surface area (Å²) in [6, 6.07) is 23.3. The van der Waals surface area contributed by atoms with Crippen molar-refractivity contribution in [1.29, 1.82) is 0 Å². The van der Waals surface area contributed by atoms with E-state index in [1.165, 1.54) is 10.6 Å². The van der Waals surface area contributed by atoms with Crippen LogP contribution in [0.4, 0.5) is 5.69 Å². The summed E-state index contributed by atoms with van der Waals surface area (Å²) in [6.45, 7) is 5.44. The lowest BCUT2D eigenvalue weighted by molar-refractivity contribution is -0.385. The third-order valence-corrected chi connectivity index (χ3v) is 8.99. The van der Waals surface area contributed by atoms with Gasteiger partial charge in [-0.15, -0.1) is 0 Å². The molecule has 4 aromatic carbocycles. The van der Waals surface area contributed by atoms with Crippen LogP contribution in [0, 0.1) is 17.0 Å². The molecular weight excluding hydrogens is 618 g/mol. The van der Waals surface area contributed by atoms with E-state index in [0.717, 1.165) is 27.7 Å². The number of carbonyl (C=O) groups is 1. The van der Waals surface area contributed by atoms with E-state index < -0.39 is 22.5 Å². The molecule has 0 aliphatic carbocycles. The zero-order valence-electron chi connectivity index (χ0n) is 26.2. The van der Waals surface area contributed by atoms with Crippen molar-refractivity contribution < 1.29 is 23.9 Å². The molecule has 0 bridgehead atoms. The van der Waals surface area contributed by atoms with Crippen LogP contribution in [0.2, 0.25) is 0 Å². The number of aryl methyl sites for hydroxylation is 1. The second kappa shape index (κ2) is 13.1. The van der Waals surface area contributed by atoms with Crippen LogP contribution in [0.15, 0.2) is 99.9 Å². The Balaban J connectivity index is 1.39. The molecule has 1 aromatic heterocycles. The van der Waals surface area contributed by atoms with Gasteiger partial charge in [-0.1, -0.05) is 72.0 Å². The lowest BCUT2D eigenvalue weighted by Gasteiger charge is -2.24. The van der Waals surface area contributed by atoms with Crippen molar-refractivity contribution in [2.45, 2.75) is 33.4 Å². The number of esters is 1. The van der Waals surface area contributed by atoms with Crippen LogP contribution < -0.4 is 24.4 Å². The number of methoxy groups -OCH3 is 1. The highest BCUT2D eigenvalue weighted by Gasteiger charge is 2.34. The molecule has 0 unspecified atom stereocenters. The fourth-order valence-electron chi connectivity index (χ4n) is 5.72. The van der Waals surface area contributed by atoms with E-state index >= 15 is 0 Å². The maximum Gasteiger partial charge on any atom is 0.338 e. The van der Waals surface area contributed by atoms with Gasteiger partial charge in [0.1, 0.15) is 6.61 Å². The summed E-state index contributed by atoms with van der Waals surface area (Å²) in [6.07, 6.45) is 1.72. The molecule has 0 fully saturated rings. The number of fused-ring (bicyclic) bond motifs is 2. The lowest BCUT2D eigenvalue weighted by atomic mass is 9.94. The van der Waals surface area contributed by atoms with Gasteiger partial charge in [0.25, 0.3) is 11.2 Å². The molecule has 11 heteroatoms. The molecule has 0 radical (unpaired) electrons. The standard InChI is InChI=1S/C36H31N3O7S/c1-5-45-35(41)32-22(3)37-36-38(33(32)25-15-13-21(2)28(19-25)39(42)43)34(40)31(47-36)18-23-14-16-29(30(17-23)44-4)46-20-26-11-8-10-24-9-6-7-12-27(24)26/h6-19,33H,5,20H2,1-4H3/b31-18+/t33-/m0/s1. The minimum absolute atomic E-state index is 0.114. The van der Waals surface area contributed by atoms with Gasteiger partial charge in [0.15, 0.2) is 16.3 Å². The highest BCUT2D eigenvalue weighted by molar-refractivity contribution is 7.07. The van der Waals surface area contributed by atoms with E-state index in [4.69, 9.17) is 14.2 Å². The molecule has 0 spiro atoms. The van der Waals surface area contributed by atoms with Crippen molar-refractivity contribution >= 4 is 39.8 Å². The quantitative estimate of drug-likeness (QED) is 0.113. The van der Waals surface area contributed by atoms with E-state index in [9.17, 15) is 19.7 Å². The average Bonchev–Trinajstić information content (AvgIpc) is 3.37. The molecule has 0 saturated heterocycles. The van der Waals surface area contributed by atoms with Gasteiger partial charge in [0.05, 0.1) is 40.5 Å². The molecule has 1 aliphatic heterocycles. The van der Waals surface area contributed by atoms with Gasteiger partial charge in [-0.2, -0.15) is 0 Å². The van der Waals surface area contributed by atoms with Gasteiger partial charge in [0, 0.05) is 11.6 Å². The number of hydrogen-bond donors (Lipinski definition) is 0. The van der Waals surface area contributed by atoms with Gasteiger partial charge in [-0.05, 0) is 66.4 Å². The van der Waals surface area contributed by atoms with Crippen molar-refractivity contribution in [2.24, 2.45) is 4.99 Å². The molecule has 0 saturated carbocycles. The molecule has 238 valence electrons. The van der Waals surface area contributed by atoms with Crippen LogP contribution in [-0.2, 0) is 16.1 Å². The third kappa shape index (κ3) is 6.05. The molecule has 1 aliphatic rings. The first-order valence-corrected chi connectivity index (χ1v) is 15.7. The minimum Gasteiger partial charge on any atom is -0.493 e. The number of nitro groups is 1. The van der Waals surface area contributed by atoms with Gasteiger partial charge >= 0.3 is 5.97 Å². The number of nitro benzene ring substituents is 1. The van der Waals surface area contributed by atoms with Crippen LogP contribution in [0.3, 0.4) is 0 Å². The predicted octanol–water partition coefficient (Wildman–Crippen LogP) is 5.76. The lowest BCUT2D eigenvalue weighted by Crippen LogP contribution is -2.40. The van der Waals surface area contributed by atoms with Crippen molar-refractivity contribution in [2.75, 3.05) is 13.7 Å². The topological polar surface area (TPSA) is 122 Å². The van der Waals surface area contributed by atoms with E-state index in [1.807, 2.05) is 30.3 Å². The maximum atomic E-state index is 14.0. The highest BCUT2D eigenvalue weighted by Crippen LogP contribution is 2.34. The Kier molecular flexibility index (Phi) is 8.73. The fraction of sp³-hybridized carbons (Fsp3) is 0.194. The number of ether oxygens (including phenoxy) is 3. The van der Waals surface area contributed by atoms with Crippen molar-refractivity contribution in [1.82, 2.24) is 4.57 Å². The molecule has 0 amide bonds. The van der Waals surface area contributed by atoms with Gasteiger partial charge < -0.3 is 14.2 Å². The Hall–Kier alpha value is -5.55. The van der Waals surface area contributed by atoms with Crippen molar-refractivity contribution in [3.8, 4) is 11.5 Å². The molecule has 47 heavy (non-hydrogen) atoms. The van der Waals surface area contributed by atoms with Crippen LogP contribution >= 0.6 is 11.3 Å². The van der Waals surface area contributed by atoms with E-state index in [-0.39, 0.29) is 17.9 Å². The first-order valence-electron chi connectivity index (χ1n) is 14.9. The van der Waals surface area contributed by atoms with Gasteiger partial charge in [-0.3, -0.25) is 19.5 Å². The summed E-state index contributed by atoms with van der Waals surface area (Å²) in [7, 11) is 1.55. The van der Waals surface area contributed by atoms with Crippen molar-refractivity contribution in [3.05, 3.63) is 142 Å². The number of aromatic nitrogens is 1. The smallest absolute Gasteiger partial charge is 0.338 e. The summed E-state index contributed by atoms with van der Waals surface area (Å²) in [4.78, 5) is 43.5. The van der Waals surface area contributed by atoms with Crippen LogP contribution in [0.1, 0.15) is 42.1 Å². The molecule has 1 atom stereocenters. The van der Waals surface area contributed by atoms with Gasteiger partial charge in [-0.25, -0.2) is 9.79 Å². The summed E-state index contributed by atoms with van der Waals surface area (Å²) in [5, 5.41) is 14.0. The number of benzene rings is 4. The normalized spacial score (nSPS) is 14.5. The van der Waals surface area contributed by atoms with Crippen LogP contribution in [0.25, 0.3) is 16.8 Å². The Bertz CT molecular complexity index is 2260. The Morgan fingerprint density at radius 2 is 1.83 bits per heavy atom. The van der Waals surface area contributed by atoms with Crippen LogP contribution in [0.5, 0.6) is 11.5 Å². The molecule has 10 nitrogen and oxygen atoms in total. The number of hydrogen-bond acceptors (Lipinski definition) is 9. The molecular formula is C36H31N3O7S. The van der Waals surface area contributed by atoms with E-state index in [0.29, 0.717) is 49.8 Å². The third-order valence-electron chi connectivity index (χ3n) is 8.01. The Morgan fingerprint density at radius 3 is 2.60 bits per heavy atom. The van der Waals surface area contributed by atoms with E-state index in [1.54, 1.807) is 58.2 Å². The average molecular weight is 650 g/mol. The highest BCUT2D eigenvalue weighted by atomic mass is 32.1. The first kappa shape index (κ1) is 31.4. The Labute approximate surface area is 273 Å². The maximum absolute atomic E-state index is 14.0.